The Kier molecular flexibility index (Phi) is 5.44. The van der Waals surface area contributed by atoms with Gasteiger partial charge in [-0.2, -0.15) is 13.2 Å². The Bertz CT molecular complexity index is 281. The fraction of sp³-hybridized carbons (Fsp3) is 0.917. The summed E-state index contributed by atoms with van der Waals surface area (Å²) < 4.78 is 37.8. The van der Waals surface area contributed by atoms with Crippen LogP contribution in [0.5, 0.6) is 0 Å². The van der Waals surface area contributed by atoms with Gasteiger partial charge in [0.15, 0.2) is 0 Å². The maximum atomic E-state index is 12.6. The van der Waals surface area contributed by atoms with Crippen molar-refractivity contribution < 1.29 is 18.0 Å². The van der Waals surface area contributed by atoms with E-state index >= 15 is 0 Å². The molecule has 0 saturated heterocycles. The van der Waals surface area contributed by atoms with Crippen LogP contribution in [-0.2, 0) is 4.79 Å². The first-order chi connectivity index (χ1) is 8.32. The maximum Gasteiger partial charge on any atom is 0.391 e. The minimum absolute atomic E-state index is 0.00620. The molecule has 18 heavy (non-hydrogen) atoms. The molecular weight excluding hydrogens is 245 g/mol. The normalized spacial score (nSPS) is 26.7. The molecule has 3 unspecified atom stereocenters. The summed E-state index contributed by atoms with van der Waals surface area (Å²) in [6.45, 7) is 2.25. The highest BCUT2D eigenvalue weighted by Gasteiger charge is 2.42. The number of amides is 1. The fourth-order valence-electron chi connectivity index (χ4n) is 2.30. The van der Waals surface area contributed by atoms with E-state index in [0.29, 0.717) is 19.4 Å². The summed E-state index contributed by atoms with van der Waals surface area (Å²) in [6.07, 6.45) is -2.53. The van der Waals surface area contributed by atoms with Crippen LogP contribution >= 0.6 is 0 Å². The Hall–Kier alpha value is -0.780. The number of nitrogens with two attached hydrogens (primary N) is 1. The summed E-state index contributed by atoms with van der Waals surface area (Å²) in [5.41, 5.74) is 5.40. The molecule has 1 aliphatic carbocycles. The molecule has 1 amide bonds. The Morgan fingerprint density at radius 2 is 2.11 bits per heavy atom. The molecule has 0 aromatic heterocycles. The van der Waals surface area contributed by atoms with Crippen LogP contribution in [0.25, 0.3) is 0 Å². The van der Waals surface area contributed by atoms with Gasteiger partial charge in [0.1, 0.15) is 0 Å². The second-order valence-electron chi connectivity index (χ2n) is 5.21. The highest BCUT2D eigenvalue weighted by molar-refractivity contribution is 5.76. The Morgan fingerprint density at radius 3 is 2.67 bits per heavy atom. The molecule has 0 spiro atoms. The van der Waals surface area contributed by atoms with E-state index in [9.17, 15) is 18.0 Å². The summed E-state index contributed by atoms with van der Waals surface area (Å²) in [4.78, 5) is 11.6. The van der Waals surface area contributed by atoms with Crippen LogP contribution in [-0.4, -0.2) is 24.7 Å². The molecule has 1 rings (SSSR count). The molecule has 1 saturated carbocycles. The second kappa shape index (κ2) is 6.41. The Balaban J connectivity index is 2.41. The molecule has 6 heteroatoms. The zero-order chi connectivity index (χ0) is 13.8. The summed E-state index contributed by atoms with van der Waals surface area (Å²) in [6, 6.07) is -0.345. The van der Waals surface area contributed by atoms with Crippen LogP contribution in [0.3, 0.4) is 0 Å². The highest BCUT2D eigenvalue weighted by atomic mass is 19.4. The van der Waals surface area contributed by atoms with Crippen molar-refractivity contribution in [3.8, 4) is 0 Å². The van der Waals surface area contributed by atoms with Gasteiger partial charge in [-0.1, -0.05) is 13.3 Å². The Labute approximate surface area is 105 Å². The molecule has 0 aromatic rings. The number of halogens is 3. The van der Waals surface area contributed by atoms with Crippen LogP contribution in [0.4, 0.5) is 13.2 Å². The van der Waals surface area contributed by atoms with Gasteiger partial charge in [-0.25, -0.2) is 0 Å². The molecule has 0 radical (unpaired) electrons. The number of hydrogen-bond donors (Lipinski definition) is 2. The lowest BCUT2D eigenvalue weighted by atomic mass is 9.85. The number of alkyl halides is 3. The van der Waals surface area contributed by atoms with Gasteiger partial charge < -0.3 is 11.1 Å². The van der Waals surface area contributed by atoms with Gasteiger partial charge in [-0.3, -0.25) is 4.79 Å². The third kappa shape index (κ3) is 4.84. The van der Waals surface area contributed by atoms with Gasteiger partial charge in [-0.15, -0.1) is 0 Å². The first-order valence-corrected chi connectivity index (χ1v) is 6.39. The number of rotatable bonds is 4. The largest absolute Gasteiger partial charge is 0.391 e. The molecule has 1 fully saturated rings. The van der Waals surface area contributed by atoms with Crippen molar-refractivity contribution in [3.63, 3.8) is 0 Å². The van der Waals surface area contributed by atoms with Crippen LogP contribution < -0.4 is 11.1 Å². The molecule has 0 heterocycles. The molecule has 3 nitrogen and oxygen atoms in total. The molecule has 0 aromatic carbocycles. The molecule has 0 bridgehead atoms. The van der Waals surface area contributed by atoms with E-state index in [4.69, 9.17) is 5.73 Å². The lowest BCUT2D eigenvalue weighted by molar-refractivity contribution is -0.184. The quantitative estimate of drug-likeness (QED) is 0.819. The topological polar surface area (TPSA) is 55.1 Å². The van der Waals surface area contributed by atoms with E-state index in [0.717, 1.165) is 0 Å². The zero-order valence-corrected chi connectivity index (χ0v) is 10.6. The van der Waals surface area contributed by atoms with Crippen molar-refractivity contribution in [2.45, 2.75) is 51.2 Å². The fourth-order valence-corrected chi connectivity index (χ4v) is 2.30. The molecular formula is C12H21F3N2O. The van der Waals surface area contributed by atoms with Gasteiger partial charge in [0.2, 0.25) is 5.91 Å². The van der Waals surface area contributed by atoms with E-state index in [1.807, 2.05) is 6.92 Å². The summed E-state index contributed by atoms with van der Waals surface area (Å²) >= 11 is 0. The van der Waals surface area contributed by atoms with E-state index in [1.54, 1.807) is 0 Å². The molecule has 106 valence electrons. The zero-order valence-electron chi connectivity index (χ0n) is 10.6. The minimum atomic E-state index is -4.14. The van der Waals surface area contributed by atoms with Crippen LogP contribution in [0, 0.1) is 11.8 Å². The van der Waals surface area contributed by atoms with Gasteiger partial charge >= 0.3 is 6.18 Å². The Morgan fingerprint density at radius 1 is 1.44 bits per heavy atom. The number of carbonyl (C=O) groups is 1. The number of carbonyl (C=O) groups excluding carboxylic acids is 1. The van der Waals surface area contributed by atoms with E-state index in [-0.39, 0.29) is 37.1 Å². The summed E-state index contributed by atoms with van der Waals surface area (Å²) in [5.74, 6) is -1.41. The van der Waals surface area contributed by atoms with Crippen molar-refractivity contribution in [2.24, 2.45) is 17.6 Å². The SMILES string of the molecule is CC(CN)CC(=O)NC1CCCC(C(F)(F)F)C1. The highest BCUT2D eigenvalue weighted by Crippen LogP contribution is 2.37. The minimum Gasteiger partial charge on any atom is -0.353 e. The molecule has 3 atom stereocenters. The molecule has 0 aliphatic heterocycles. The van der Waals surface area contributed by atoms with Crippen LogP contribution in [0.2, 0.25) is 0 Å². The average molecular weight is 266 g/mol. The van der Waals surface area contributed by atoms with E-state index < -0.39 is 12.1 Å². The smallest absolute Gasteiger partial charge is 0.353 e. The first kappa shape index (κ1) is 15.3. The number of hydrogen-bond acceptors (Lipinski definition) is 2. The van der Waals surface area contributed by atoms with E-state index in [2.05, 4.69) is 5.32 Å². The van der Waals surface area contributed by atoms with Gasteiger partial charge in [0, 0.05) is 12.5 Å². The standard InChI is InChI=1S/C12H21F3N2O/c1-8(7-16)5-11(18)17-10-4-2-3-9(6-10)12(13,14)15/h8-10H,2-7,16H2,1H3,(H,17,18). The van der Waals surface area contributed by atoms with Crippen molar-refractivity contribution in [3.05, 3.63) is 0 Å². The third-order valence-electron chi connectivity index (χ3n) is 3.44. The lowest BCUT2D eigenvalue weighted by Crippen LogP contribution is -2.42. The predicted molar refractivity (Wildman–Crippen MR) is 62.8 cm³/mol. The van der Waals surface area contributed by atoms with E-state index in [1.165, 1.54) is 0 Å². The van der Waals surface area contributed by atoms with Crippen LogP contribution in [0.1, 0.15) is 39.0 Å². The molecule has 3 N–H and O–H groups in total. The first-order valence-electron chi connectivity index (χ1n) is 6.39. The van der Waals surface area contributed by atoms with Crippen molar-refractivity contribution in [1.82, 2.24) is 5.32 Å². The van der Waals surface area contributed by atoms with Gasteiger partial charge in [0.05, 0.1) is 5.92 Å². The summed E-state index contributed by atoms with van der Waals surface area (Å²) in [7, 11) is 0. The van der Waals surface area contributed by atoms with Crippen molar-refractivity contribution >= 4 is 5.91 Å². The predicted octanol–water partition coefficient (Wildman–Crippen LogP) is 2.21. The number of nitrogens with one attached hydrogen (secondary N) is 1. The second-order valence-corrected chi connectivity index (χ2v) is 5.21. The third-order valence-corrected chi connectivity index (χ3v) is 3.44. The van der Waals surface area contributed by atoms with Crippen LogP contribution in [0.15, 0.2) is 0 Å². The average Bonchev–Trinajstić information content (AvgIpc) is 2.27. The maximum absolute atomic E-state index is 12.6. The monoisotopic (exact) mass is 266 g/mol. The van der Waals surface area contributed by atoms with Gasteiger partial charge in [-0.05, 0) is 31.7 Å². The van der Waals surface area contributed by atoms with Crippen molar-refractivity contribution in [2.75, 3.05) is 6.54 Å². The lowest BCUT2D eigenvalue weighted by Gasteiger charge is -2.31. The van der Waals surface area contributed by atoms with Gasteiger partial charge in [0.25, 0.3) is 0 Å². The molecule has 1 aliphatic rings. The summed E-state index contributed by atoms with van der Waals surface area (Å²) in [5, 5.41) is 2.69. The van der Waals surface area contributed by atoms with Crippen molar-refractivity contribution in [1.29, 1.82) is 0 Å².